The van der Waals surface area contributed by atoms with Crippen LogP contribution in [-0.4, -0.2) is 96.7 Å². The molecule has 86 heavy (non-hydrogen) atoms. The van der Waals surface area contributed by atoms with Gasteiger partial charge in [0.05, 0.1) is 26.4 Å². The second-order valence-corrected chi connectivity index (χ2v) is 28.1. The Morgan fingerprint density at radius 1 is 0.314 bits per heavy atom. The topological polar surface area (TPSA) is 237 Å². The molecular formula is C67H130O17P2. The fraction of sp³-hybridized carbons (Fsp3) is 0.940. The molecule has 0 fully saturated rings. The minimum Gasteiger partial charge on any atom is -0.462 e. The van der Waals surface area contributed by atoms with Gasteiger partial charge in [-0.25, -0.2) is 9.13 Å². The molecule has 0 bridgehead atoms. The van der Waals surface area contributed by atoms with Crippen LogP contribution in [0.2, 0.25) is 0 Å². The van der Waals surface area contributed by atoms with Crippen LogP contribution in [0.3, 0.4) is 0 Å². The Kier molecular flexibility index (Phi) is 58.0. The predicted octanol–water partition coefficient (Wildman–Crippen LogP) is 18.8. The minimum absolute atomic E-state index is 0.106. The van der Waals surface area contributed by atoms with Crippen molar-refractivity contribution in [2.45, 2.75) is 355 Å². The first kappa shape index (κ1) is 84.1. The molecule has 0 aliphatic carbocycles. The molecular weight excluding hydrogens is 1140 g/mol. The fourth-order valence-electron chi connectivity index (χ4n) is 10.1. The van der Waals surface area contributed by atoms with E-state index in [-0.39, 0.29) is 25.7 Å². The van der Waals surface area contributed by atoms with Gasteiger partial charge in [-0.3, -0.25) is 37.3 Å². The van der Waals surface area contributed by atoms with E-state index in [2.05, 4.69) is 41.5 Å². The third-order valence-electron chi connectivity index (χ3n) is 15.5. The second-order valence-electron chi connectivity index (χ2n) is 25.2. The molecule has 0 aliphatic rings. The van der Waals surface area contributed by atoms with Gasteiger partial charge in [-0.15, -0.1) is 0 Å². The summed E-state index contributed by atoms with van der Waals surface area (Å²) in [4.78, 5) is 72.3. The number of carbonyl (C=O) groups excluding carboxylic acids is 4. The van der Waals surface area contributed by atoms with Crippen LogP contribution >= 0.6 is 15.6 Å². The number of rotatable bonds is 66. The first-order valence-corrected chi connectivity index (χ1v) is 38.0. The van der Waals surface area contributed by atoms with Gasteiger partial charge < -0.3 is 33.8 Å². The number of esters is 4. The van der Waals surface area contributed by atoms with Crippen molar-refractivity contribution in [1.29, 1.82) is 0 Å². The van der Waals surface area contributed by atoms with Crippen molar-refractivity contribution >= 4 is 39.5 Å². The second kappa shape index (κ2) is 59.4. The lowest BCUT2D eigenvalue weighted by molar-refractivity contribution is -0.161. The maximum Gasteiger partial charge on any atom is 0.472 e. The SMILES string of the molecule is CCCCCCCCCCCCCC(=O)O[C@H](COC(=O)CCCCCCCCC)COP(=O)(O)OC[C@H](O)COP(=O)(O)OC[C@@H](COC(=O)CCCCCCCCCCCCCC(C)C)OC(=O)CCCCCCCCCCCCCC(C)C. The number of phosphoric acid groups is 2. The molecule has 0 aromatic rings. The molecule has 5 atom stereocenters. The van der Waals surface area contributed by atoms with E-state index in [1.807, 2.05) is 0 Å². The number of aliphatic hydroxyl groups excluding tert-OH is 1. The largest absolute Gasteiger partial charge is 0.472 e. The average Bonchev–Trinajstić information content (AvgIpc) is 3.68. The molecule has 17 nitrogen and oxygen atoms in total. The molecule has 0 aromatic heterocycles. The molecule has 19 heteroatoms. The molecule has 0 amide bonds. The van der Waals surface area contributed by atoms with E-state index in [0.717, 1.165) is 115 Å². The first-order chi connectivity index (χ1) is 41.4. The Morgan fingerprint density at radius 2 is 0.535 bits per heavy atom. The van der Waals surface area contributed by atoms with Crippen LogP contribution in [-0.2, 0) is 65.4 Å². The van der Waals surface area contributed by atoms with Crippen LogP contribution in [0, 0.1) is 11.8 Å². The van der Waals surface area contributed by atoms with E-state index in [0.29, 0.717) is 25.7 Å². The Hall–Kier alpha value is -1.94. The first-order valence-electron chi connectivity index (χ1n) is 35.0. The third-order valence-corrected chi connectivity index (χ3v) is 17.4. The Labute approximate surface area is 524 Å². The van der Waals surface area contributed by atoms with Crippen LogP contribution in [0.25, 0.3) is 0 Å². The highest BCUT2D eigenvalue weighted by molar-refractivity contribution is 7.47. The Balaban J connectivity index is 5.22. The Bertz CT molecular complexity index is 1680. The molecule has 2 unspecified atom stereocenters. The summed E-state index contributed by atoms with van der Waals surface area (Å²) in [6.45, 7) is 9.49. The number of phosphoric ester groups is 2. The van der Waals surface area contributed by atoms with E-state index in [1.54, 1.807) is 0 Å². The molecule has 0 heterocycles. The summed E-state index contributed by atoms with van der Waals surface area (Å²) in [7, 11) is -9.89. The van der Waals surface area contributed by atoms with E-state index in [9.17, 15) is 43.2 Å². The van der Waals surface area contributed by atoms with Gasteiger partial charge in [-0.1, -0.05) is 286 Å². The lowest BCUT2D eigenvalue weighted by Gasteiger charge is -2.21. The van der Waals surface area contributed by atoms with Gasteiger partial charge >= 0.3 is 39.5 Å². The Morgan fingerprint density at radius 3 is 0.791 bits per heavy atom. The third kappa shape index (κ3) is 60.9. The predicted molar refractivity (Wildman–Crippen MR) is 345 cm³/mol. The van der Waals surface area contributed by atoms with Crippen molar-refractivity contribution in [2.75, 3.05) is 39.6 Å². The molecule has 0 spiro atoms. The van der Waals surface area contributed by atoms with Crippen LogP contribution in [0.4, 0.5) is 0 Å². The summed E-state index contributed by atoms with van der Waals surface area (Å²) in [5.41, 5.74) is 0. The van der Waals surface area contributed by atoms with E-state index in [1.165, 1.54) is 141 Å². The number of hydrogen-bond donors (Lipinski definition) is 3. The number of ether oxygens (including phenoxy) is 4. The zero-order valence-electron chi connectivity index (χ0n) is 55.6. The number of hydrogen-bond acceptors (Lipinski definition) is 15. The van der Waals surface area contributed by atoms with Crippen molar-refractivity contribution in [1.82, 2.24) is 0 Å². The normalized spacial score (nSPS) is 14.2. The van der Waals surface area contributed by atoms with Gasteiger partial charge in [0.25, 0.3) is 0 Å². The number of carbonyl (C=O) groups is 4. The van der Waals surface area contributed by atoms with Gasteiger partial charge in [0.15, 0.2) is 12.2 Å². The van der Waals surface area contributed by atoms with Gasteiger partial charge in [-0.2, -0.15) is 0 Å². The lowest BCUT2D eigenvalue weighted by Crippen LogP contribution is -2.30. The molecule has 0 aromatic carbocycles. The van der Waals surface area contributed by atoms with E-state index in [4.69, 9.17) is 37.0 Å². The minimum atomic E-state index is -4.95. The van der Waals surface area contributed by atoms with E-state index >= 15 is 0 Å². The van der Waals surface area contributed by atoms with Crippen LogP contribution in [0.15, 0.2) is 0 Å². The summed E-state index contributed by atoms with van der Waals surface area (Å²) >= 11 is 0. The molecule has 3 N–H and O–H groups in total. The molecule has 0 aliphatic heterocycles. The maximum atomic E-state index is 13.0. The number of unbranched alkanes of at least 4 members (excludes halogenated alkanes) is 36. The highest BCUT2D eigenvalue weighted by Gasteiger charge is 2.30. The summed E-state index contributed by atoms with van der Waals surface area (Å²) in [5.74, 6) is -0.596. The average molecular weight is 1270 g/mol. The van der Waals surface area contributed by atoms with Crippen molar-refractivity contribution in [3.63, 3.8) is 0 Å². The highest BCUT2D eigenvalue weighted by Crippen LogP contribution is 2.45. The number of aliphatic hydroxyl groups is 1. The molecule has 0 radical (unpaired) electrons. The van der Waals surface area contributed by atoms with Gasteiger partial charge in [0.1, 0.15) is 19.3 Å². The summed E-state index contributed by atoms with van der Waals surface area (Å²) < 4.78 is 68.1. The summed E-state index contributed by atoms with van der Waals surface area (Å²) in [6.07, 6.45) is 43.1. The highest BCUT2D eigenvalue weighted by atomic mass is 31.2. The van der Waals surface area contributed by atoms with Crippen molar-refractivity contribution < 1.29 is 80.2 Å². The quantitative estimate of drug-likeness (QED) is 0.0222. The fourth-order valence-corrected chi connectivity index (χ4v) is 11.6. The van der Waals surface area contributed by atoms with Crippen molar-refractivity contribution in [2.24, 2.45) is 11.8 Å². The molecule has 0 saturated heterocycles. The van der Waals surface area contributed by atoms with Gasteiger partial charge in [0, 0.05) is 25.7 Å². The van der Waals surface area contributed by atoms with Crippen LogP contribution < -0.4 is 0 Å². The van der Waals surface area contributed by atoms with Gasteiger partial charge in [-0.05, 0) is 37.5 Å². The van der Waals surface area contributed by atoms with Crippen LogP contribution in [0.5, 0.6) is 0 Å². The monoisotopic (exact) mass is 1270 g/mol. The zero-order chi connectivity index (χ0) is 63.6. The lowest BCUT2D eigenvalue weighted by atomic mass is 10.0. The van der Waals surface area contributed by atoms with Gasteiger partial charge in [0.2, 0.25) is 0 Å². The van der Waals surface area contributed by atoms with Crippen molar-refractivity contribution in [3.05, 3.63) is 0 Å². The smallest absolute Gasteiger partial charge is 0.462 e. The molecule has 0 saturated carbocycles. The summed E-state index contributed by atoms with van der Waals surface area (Å²) in [5, 5.41) is 10.5. The molecule has 0 rings (SSSR count). The maximum absolute atomic E-state index is 13.0. The standard InChI is InChI=1S/C67H130O17P2/c1-7-9-11-13-15-16-19-27-33-39-45-51-66(71)83-62(55-77-64(69)49-43-37-29-14-12-10-8-2)57-81-85(73,74)79-53-61(68)54-80-86(75,76)82-58-63(84-67(72)52-46-40-34-28-23-18-21-25-31-36-42-48-60(5)6)56-78-65(70)50-44-38-32-26-22-17-20-24-30-35-41-47-59(3)4/h59-63,68H,7-58H2,1-6H3,(H,73,74)(H,75,76)/t61-,62+,63+/m0/s1. The summed E-state index contributed by atoms with van der Waals surface area (Å²) in [6, 6.07) is 0. The van der Waals surface area contributed by atoms with Crippen molar-refractivity contribution in [3.8, 4) is 0 Å². The van der Waals surface area contributed by atoms with Crippen LogP contribution in [0.1, 0.15) is 337 Å². The zero-order valence-corrected chi connectivity index (χ0v) is 57.4. The molecule has 510 valence electrons. The van der Waals surface area contributed by atoms with E-state index < -0.39 is 97.5 Å².